The lowest BCUT2D eigenvalue weighted by Crippen LogP contribution is -2.27. The van der Waals surface area contributed by atoms with Crippen LogP contribution in [0.3, 0.4) is 0 Å². The topological polar surface area (TPSA) is 20.3 Å². The number of halogens is 1. The van der Waals surface area contributed by atoms with Gasteiger partial charge >= 0.3 is 0 Å². The Bertz CT molecular complexity index is 522. The Morgan fingerprint density at radius 1 is 1.06 bits per heavy atom. The van der Waals surface area contributed by atoms with Crippen molar-refractivity contribution in [2.24, 2.45) is 0 Å². The normalized spacial score (nSPS) is 10.1. The smallest absolute Gasteiger partial charge is 0.231 e. The number of rotatable bonds is 3. The summed E-state index contributed by atoms with van der Waals surface area (Å²) >= 11 is 5.81. The zero-order chi connectivity index (χ0) is 13.0. The maximum absolute atomic E-state index is 12.1. The zero-order valence-electron chi connectivity index (χ0n) is 10.1. The van der Waals surface area contributed by atoms with Gasteiger partial charge in [0.2, 0.25) is 5.91 Å². The van der Waals surface area contributed by atoms with Gasteiger partial charge in [-0.05, 0) is 29.8 Å². The average Bonchev–Trinajstić information content (AvgIpc) is 2.41. The molecule has 0 heterocycles. The van der Waals surface area contributed by atoms with Crippen LogP contribution in [0.1, 0.15) is 5.56 Å². The van der Waals surface area contributed by atoms with Crippen LogP contribution < -0.4 is 4.90 Å². The molecule has 1 amide bonds. The van der Waals surface area contributed by atoms with Gasteiger partial charge in [-0.25, -0.2) is 0 Å². The largest absolute Gasteiger partial charge is 0.315 e. The van der Waals surface area contributed by atoms with Gasteiger partial charge in [-0.1, -0.05) is 41.9 Å². The van der Waals surface area contributed by atoms with Gasteiger partial charge in [-0.2, -0.15) is 0 Å². The van der Waals surface area contributed by atoms with Gasteiger partial charge in [0.15, 0.2) is 0 Å². The van der Waals surface area contributed by atoms with E-state index in [1.807, 2.05) is 42.5 Å². The van der Waals surface area contributed by atoms with Gasteiger partial charge < -0.3 is 4.90 Å². The van der Waals surface area contributed by atoms with Crippen molar-refractivity contribution >= 4 is 23.2 Å². The molecular weight excluding hydrogens is 246 g/mol. The third kappa shape index (κ3) is 3.11. The molecule has 0 aliphatic rings. The van der Waals surface area contributed by atoms with Gasteiger partial charge in [0.05, 0.1) is 6.42 Å². The summed E-state index contributed by atoms with van der Waals surface area (Å²) in [4.78, 5) is 13.8. The lowest BCUT2D eigenvalue weighted by Gasteiger charge is -2.17. The Hall–Kier alpha value is -1.80. The summed E-state index contributed by atoms with van der Waals surface area (Å²) in [7, 11) is 1.79. The minimum Gasteiger partial charge on any atom is -0.315 e. The Kier molecular flexibility index (Phi) is 4.00. The SMILES string of the molecule is CN(C(=O)Cc1ccc(Cl)cc1)c1ccccc1. The van der Waals surface area contributed by atoms with Crippen molar-refractivity contribution in [3.05, 3.63) is 65.2 Å². The highest BCUT2D eigenvalue weighted by molar-refractivity contribution is 6.30. The lowest BCUT2D eigenvalue weighted by atomic mass is 10.1. The molecule has 0 atom stereocenters. The summed E-state index contributed by atoms with van der Waals surface area (Å²) < 4.78 is 0. The standard InChI is InChI=1S/C15H14ClNO/c1-17(14-5-3-2-4-6-14)15(18)11-12-7-9-13(16)10-8-12/h2-10H,11H2,1H3. The maximum Gasteiger partial charge on any atom is 0.231 e. The molecule has 2 aromatic carbocycles. The predicted molar refractivity (Wildman–Crippen MR) is 75.0 cm³/mol. The molecule has 2 aromatic rings. The molecule has 0 saturated carbocycles. The molecule has 0 N–H and O–H groups in total. The minimum atomic E-state index is 0.0588. The van der Waals surface area contributed by atoms with Crippen molar-refractivity contribution < 1.29 is 4.79 Å². The fourth-order valence-electron chi connectivity index (χ4n) is 1.69. The van der Waals surface area contributed by atoms with E-state index in [0.29, 0.717) is 11.4 Å². The number of hydrogen-bond acceptors (Lipinski definition) is 1. The first-order valence-corrected chi connectivity index (χ1v) is 6.10. The number of hydrogen-bond donors (Lipinski definition) is 0. The van der Waals surface area contributed by atoms with Gasteiger partial charge in [0, 0.05) is 17.8 Å². The summed E-state index contributed by atoms with van der Waals surface area (Å²) in [5.74, 6) is 0.0588. The van der Waals surface area contributed by atoms with Crippen LogP contribution >= 0.6 is 11.6 Å². The molecule has 2 rings (SSSR count). The first-order chi connectivity index (χ1) is 8.66. The second-order valence-electron chi connectivity index (χ2n) is 4.09. The maximum atomic E-state index is 12.1. The van der Waals surface area contributed by atoms with E-state index >= 15 is 0 Å². The Morgan fingerprint density at radius 2 is 1.67 bits per heavy atom. The van der Waals surface area contributed by atoms with E-state index in [9.17, 15) is 4.79 Å². The Morgan fingerprint density at radius 3 is 2.28 bits per heavy atom. The van der Waals surface area contributed by atoms with Crippen molar-refractivity contribution in [3.63, 3.8) is 0 Å². The molecule has 0 aliphatic heterocycles. The highest BCUT2D eigenvalue weighted by atomic mass is 35.5. The van der Waals surface area contributed by atoms with Crippen LogP contribution in [0.4, 0.5) is 5.69 Å². The molecule has 0 fully saturated rings. The van der Waals surface area contributed by atoms with E-state index in [1.165, 1.54) is 0 Å². The van der Waals surface area contributed by atoms with E-state index in [1.54, 1.807) is 24.1 Å². The fourth-order valence-corrected chi connectivity index (χ4v) is 1.82. The molecule has 0 bridgehead atoms. The molecule has 92 valence electrons. The van der Waals surface area contributed by atoms with Gasteiger partial charge in [0.25, 0.3) is 0 Å². The van der Waals surface area contributed by atoms with Crippen molar-refractivity contribution in [3.8, 4) is 0 Å². The highest BCUT2D eigenvalue weighted by Crippen LogP contribution is 2.14. The summed E-state index contributed by atoms with van der Waals surface area (Å²) in [6, 6.07) is 16.9. The number of likely N-dealkylation sites (N-methyl/N-ethyl adjacent to an activating group) is 1. The molecule has 0 radical (unpaired) electrons. The van der Waals surface area contributed by atoms with Crippen molar-refractivity contribution in [1.82, 2.24) is 0 Å². The molecule has 2 nitrogen and oxygen atoms in total. The fraction of sp³-hybridized carbons (Fsp3) is 0.133. The second-order valence-corrected chi connectivity index (χ2v) is 4.53. The average molecular weight is 260 g/mol. The van der Waals surface area contributed by atoms with E-state index in [4.69, 9.17) is 11.6 Å². The van der Waals surface area contributed by atoms with Crippen LogP contribution in [0.15, 0.2) is 54.6 Å². The summed E-state index contributed by atoms with van der Waals surface area (Å²) in [6.07, 6.45) is 0.378. The predicted octanol–water partition coefficient (Wildman–Crippen LogP) is 3.55. The lowest BCUT2D eigenvalue weighted by molar-refractivity contribution is -0.117. The van der Waals surface area contributed by atoms with Crippen molar-refractivity contribution in [2.75, 3.05) is 11.9 Å². The summed E-state index contributed by atoms with van der Waals surface area (Å²) in [6.45, 7) is 0. The number of carbonyl (C=O) groups is 1. The molecule has 0 unspecified atom stereocenters. The molecule has 0 saturated heterocycles. The second kappa shape index (κ2) is 5.69. The molecular formula is C15H14ClNO. The third-order valence-electron chi connectivity index (χ3n) is 2.79. The van der Waals surface area contributed by atoms with Gasteiger partial charge in [-0.3, -0.25) is 4.79 Å². The Balaban J connectivity index is 2.06. The zero-order valence-corrected chi connectivity index (χ0v) is 10.9. The minimum absolute atomic E-state index is 0.0588. The number of carbonyl (C=O) groups excluding carboxylic acids is 1. The first kappa shape index (κ1) is 12.7. The number of amides is 1. The number of para-hydroxylation sites is 1. The highest BCUT2D eigenvalue weighted by Gasteiger charge is 2.10. The van der Waals surface area contributed by atoms with Crippen LogP contribution in [0.25, 0.3) is 0 Å². The van der Waals surface area contributed by atoms with Crippen LogP contribution in [0, 0.1) is 0 Å². The van der Waals surface area contributed by atoms with Gasteiger partial charge in [-0.15, -0.1) is 0 Å². The number of benzene rings is 2. The van der Waals surface area contributed by atoms with E-state index < -0.39 is 0 Å². The number of nitrogens with zero attached hydrogens (tertiary/aromatic N) is 1. The van der Waals surface area contributed by atoms with Gasteiger partial charge in [0.1, 0.15) is 0 Å². The third-order valence-corrected chi connectivity index (χ3v) is 3.04. The van der Waals surface area contributed by atoms with E-state index in [-0.39, 0.29) is 5.91 Å². The van der Waals surface area contributed by atoms with E-state index in [2.05, 4.69) is 0 Å². The first-order valence-electron chi connectivity index (χ1n) is 5.73. The van der Waals surface area contributed by atoms with E-state index in [0.717, 1.165) is 11.3 Å². The number of anilines is 1. The van der Waals surface area contributed by atoms with Crippen LogP contribution in [0.2, 0.25) is 5.02 Å². The summed E-state index contributed by atoms with van der Waals surface area (Å²) in [5, 5.41) is 0.683. The molecule has 3 heteroatoms. The summed E-state index contributed by atoms with van der Waals surface area (Å²) in [5.41, 5.74) is 1.86. The van der Waals surface area contributed by atoms with Crippen LogP contribution in [-0.2, 0) is 11.2 Å². The van der Waals surface area contributed by atoms with Crippen molar-refractivity contribution in [2.45, 2.75) is 6.42 Å². The van der Waals surface area contributed by atoms with Crippen LogP contribution in [-0.4, -0.2) is 13.0 Å². The molecule has 0 aliphatic carbocycles. The molecule has 0 aromatic heterocycles. The van der Waals surface area contributed by atoms with Crippen molar-refractivity contribution in [1.29, 1.82) is 0 Å². The van der Waals surface area contributed by atoms with Crippen LogP contribution in [0.5, 0.6) is 0 Å². The molecule has 0 spiro atoms. The monoisotopic (exact) mass is 259 g/mol. The molecule has 18 heavy (non-hydrogen) atoms. The quantitative estimate of drug-likeness (QED) is 0.826. The Labute approximate surface area is 112 Å².